The van der Waals surface area contributed by atoms with E-state index in [0.717, 1.165) is 70.1 Å². The number of rotatable bonds is 11. The molecule has 7 heteroatoms. The second-order valence-electron chi connectivity index (χ2n) is 9.46. The van der Waals surface area contributed by atoms with Crippen molar-refractivity contribution in [2.24, 2.45) is 0 Å². The first-order valence-corrected chi connectivity index (χ1v) is 12.9. The van der Waals surface area contributed by atoms with Crippen molar-refractivity contribution in [2.75, 3.05) is 0 Å². The zero-order valence-corrected chi connectivity index (χ0v) is 20.9. The number of fused-ring (bicyclic) bond motifs is 1. The van der Waals surface area contributed by atoms with Crippen molar-refractivity contribution in [1.82, 2.24) is 25.6 Å². The lowest BCUT2D eigenvalue weighted by Crippen LogP contribution is -2.14. The third kappa shape index (κ3) is 5.31. The fraction of sp³-hybridized carbons (Fsp3) is 0.267. The van der Waals surface area contributed by atoms with Crippen LogP contribution in [0.25, 0.3) is 33.4 Å². The molecule has 2 aromatic heterocycles. The Kier molecular flexibility index (Phi) is 7.40. The molecule has 2 heterocycles. The summed E-state index contributed by atoms with van der Waals surface area (Å²) in [4.78, 5) is 16.0. The van der Waals surface area contributed by atoms with Gasteiger partial charge in [0.25, 0.3) is 0 Å². The van der Waals surface area contributed by atoms with Crippen LogP contribution in [0, 0.1) is 0 Å². The molecule has 1 unspecified atom stereocenters. The van der Waals surface area contributed by atoms with E-state index in [1.807, 2.05) is 48.5 Å². The molecule has 0 fully saturated rings. The second-order valence-corrected chi connectivity index (χ2v) is 9.46. The van der Waals surface area contributed by atoms with Crippen LogP contribution in [0.1, 0.15) is 61.8 Å². The summed E-state index contributed by atoms with van der Waals surface area (Å²) < 4.78 is 0. The van der Waals surface area contributed by atoms with Gasteiger partial charge in [-0.2, -0.15) is 5.21 Å². The predicted octanol–water partition coefficient (Wildman–Crippen LogP) is 6.74. The maximum Gasteiger partial charge on any atom is 0.312 e. The maximum atomic E-state index is 12.5. The molecule has 188 valence electrons. The van der Waals surface area contributed by atoms with Crippen molar-refractivity contribution in [1.29, 1.82) is 0 Å². The van der Waals surface area contributed by atoms with Crippen LogP contribution in [0.5, 0.6) is 0 Å². The van der Waals surface area contributed by atoms with Gasteiger partial charge in [-0.15, -0.1) is 10.2 Å². The highest BCUT2D eigenvalue weighted by Gasteiger charge is 2.26. The Hall–Kier alpha value is -4.26. The Balaban J connectivity index is 1.62. The number of aliphatic carboxylic acids is 1. The molecule has 5 aromatic rings. The Labute approximate surface area is 216 Å². The molecule has 0 saturated carbocycles. The molecule has 0 spiro atoms. The van der Waals surface area contributed by atoms with Crippen LogP contribution >= 0.6 is 0 Å². The average Bonchev–Trinajstić information content (AvgIpc) is 3.58. The quantitative estimate of drug-likeness (QED) is 0.177. The Morgan fingerprint density at radius 2 is 1.73 bits per heavy atom. The summed E-state index contributed by atoms with van der Waals surface area (Å²) in [7, 11) is 0. The van der Waals surface area contributed by atoms with Crippen molar-refractivity contribution in [3.8, 4) is 22.5 Å². The van der Waals surface area contributed by atoms with Crippen LogP contribution < -0.4 is 0 Å². The van der Waals surface area contributed by atoms with Crippen LogP contribution in [0.15, 0.2) is 72.8 Å². The molecule has 0 amide bonds. The average molecular weight is 494 g/mol. The molecule has 0 aliphatic carbocycles. The number of carboxylic acid groups (broad SMARTS) is 1. The van der Waals surface area contributed by atoms with E-state index in [2.05, 4.69) is 56.8 Å². The fourth-order valence-corrected chi connectivity index (χ4v) is 5.10. The molecule has 37 heavy (non-hydrogen) atoms. The number of aromatic amines is 2. The number of carbonyl (C=O) groups is 1. The number of tetrazole rings is 1. The third-order valence-corrected chi connectivity index (χ3v) is 6.98. The fourth-order valence-electron chi connectivity index (χ4n) is 5.10. The highest BCUT2D eigenvalue weighted by Crippen LogP contribution is 2.37. The Morgan fingerprint density at radius 1 is 0.946 bits per heavy atom. The molecular formula is C30H31N5O2. The number of hydrogen-bond acceptors (Lipinski definition) is 4. The zero-order chi connectivity index (χ0) is 25.6. The van der Waals surface area contributed by atoms with Gasteiger partial charge < -0.3 is 10.1 Å². The lowest BCUT2D eigenvalue weighted by atomic mass is 9.90. The van der Waals surface area contributed by atoms with Gasteiger partial charge in [-0.05, 0) is 52.4 Å². The molecule has 0 radical (unpaired) electrons. The molecule has 5 rings (SSSR count). The summed E-state index contributed by atoms with van der Waals surface area (Å²) >= 11 is 0. The lowest BCUT2D eigenvalue weighted by molar-refractivity contribution is -0.139. The number of nitrogens with one attached hydrogen (secondary N) is 2. The number of aromatic nitrogens is 5. The minimum Gasteiger partial charge on any atom is -0.481 e. The molecule has 0 aliphatic heterocycles. The van der Waals surface area contributed by atoms with E-state index >= 15 is 0 Å². The van der Waals surface area contributed by atoms with E-state index in [4.69, 9.17) is 0 Å². The van der Waals surface area contributed by atoms with E-state index < -0.39 is 11.9 Å². The van der Waals surface area contributed by atoms with E-state index in [9.17, 15) is 9.90 Å². The number of nitrogens with zero attached hydrogens (tertiary/aromatic N) is 3. The molecule has 0 aliphatic rings. The van der Waals surface area contributed by atoms with Crippen molar-refractivity contribution < 1.29 is 9.90 Å². The summed E-state index contributed by atoms with van der Waals surface area (Å²) in [6.07, 6.45) is 5.47. The van der Waals surface area contributed by atoms with Gasteiger partial charge in [0.15, 0.2) is 0 Å². The van der Waals surface area contributed by atoms with Gasteiger partial charge in [0, 0.05) is 22.2 Å². The predicted molar refractivity (Wildman–Crippen MR) is 145 cm³/mol. The number of hydrogen-bond donors (Lipinski definition) is 3. The van der Waals surface area contributed by atoms with Crippen molar-refractivity contribution in [3.63, 3.8) is 0 Å². The highest BCUT2D eigenvalue weighted by atomic mass is 16.4. The summed E-state index contributed by atoms with van der Waals surface area (Å²) in [5.74, 6) is -0.814. The van der Waals surface area contributed by atoms with E-state index in [0.29, 0.717) is 18.7 Å². The number of H-pyrrole nitrogens is 2. The minimum absolute atomic E-state index is 0.535. The summed E-state index contributed by atoms with van der Waals surface area (Å²) in [6.45, 7) is 2.17. The topological polar surface area (TPSA) is 108 Å². The Morgan fingerprint density at radius 3 is 2.46 bits per heavy atom. The van der Waals surface area contributed by atoms with E-state index in [1.54, 1.807) is 0 Å². The van der Waals surface area contributed by atoms with Crippen LogP contribution in [0.4, 0.5) is 0 Å². The molecule has 0 bridgehead atoms. The molecule has 3 N–H and O–H groups in total. The van der Waals surface area contributed by atoms with Gasteiger partial charge in [0.05, 0.1) is 5.92 Å². The number of carboxylic acids is 1. The first-order chi connectivity index (χ1) is 18.2. The minimum atomic E-state index is -0.778. The van der Waals surface area contributed by atoms with Crippen LogP contribution in [-0.2, 0) is 11.2 Å². The Bertz CT molecular complexity index is 1470. The number of unbranched alkanes of at least 4 members (excludes halogenated alkanes) is 3. The maximum absolute atomic E-state index is 12.5. The molecule has 3 aromatic carbocycles. The van der Waals surface area contributed by atoms with Crippen LogP contribution in [0.3, 0.4) is 0 Å². The van der Waals surface area contributed by atoms with Gasteiger partial charge in [0.2, 0.25) is 5.82 Å². The summed E-state index contributed by atoms with van der Waals surface area (Å²) in [5.41, 5.74) is 6.85. The van der Waals surface area contributed by atoms with Crippen molar-refractivity contribution >= 4 is 16.9 Å². The monoisotopic (exact) mass is 493 g/mol. The summed E-state index contributed by atoms with van der Waals surface area (Å²) in [5, 5.41) is 25.9. The molecule has 7 nitrogen and oxygen atoms in total. The van der Waals surface area contributed by atoms with Crippen molar-refractivity contribution in [2.45, 2.75) is 51.4 Å². The SMILES string of the molecule is CCCCCCC(C(=O)O)c1[nH]c2ccc(-c3ccccc3-c3nn[nH]n3)cc2c1Cc1ccccc1. The van der Waals surface area contributed by atoms with E-state index in [1.165, 1.54) is 0 Å². The normalized spacial score (nSPS) is 12.1. The standard InChI is InChI=1S/C30H31N5O2/c1-2-3-4-8-15-24(30(36)37)28-26(18-20-11-6-5-7-12-20)25-19-21(16-17-27(25)31-28)22-13-9-10-14-23(22)29-32-34-35-33-29/h5-7,9-14,16-17,19,24,31H,2-4,8,15,18H2,1H3,(H,36,37)(H,32,33,34,35). The van der Waals surface area contributed by atoms with Gasteiger partial charge in [-0.25, -0.2) is 0 Å². The van der Waals surface area contributed by atoms with Crippen LogP contribution in [-0.4, -0.2) is 36.7 Å². The highest BCUT2D eigenvalue weighted by molar-refractivity contribution is 5.93. The van der Waals surface area contributed by atoms with E-state index in [-0.39, 0.29) is 0 Å². The van der Waals surface area contributed by atoms with Gasteiger partial charge in [-0.3, -0.25) is 4.79 Å². The first-order valence-electron chi connectivity index (χ1n) is 12.9. The summed E-state index contributed by atoms with van der Waals surface area (Å²) in [6, 6.07) is 24.5. The van der Waals surface area contributed by atoms with Gasteiger partial charge >= 0.3 is 5.97 Å². The second kappa shape index (κ2) is 11.2. The third-order valence-electron chi connectivity index (χ3n) is 6.98. The zero-order valence-electron chi connectivity index (χ0n) is 20.9. The van der Waals surface area contributed by atoms with Crippen molar-refractivity contribution in [3.05, 3.63) is 89.6 Å². The first kappa shape index (κ1) is 24.4. The number of benzene rings is 3. The molecule has 1 atom stereocenters. The molecular weight excluding hydrogens is 462 g/mol. The van der Waals surface area contributed by atoms with Crippen LogP contribution in [0.2, 0.25) is 0 Å². The van der Waals surface area contributed by atoms with Gasteiger partial charge in [-0.1, -0.05) is 93.3 Å². The lowest BCUT2D eigenvalue weighted by Gasteiger charge is -2.14. The van der Waals surface area contributed by atoms with Gasteiger partial charge in [0.1, 0.15) is 0 Å². The molecule has 0 saturated heterocycles. The largest absolute Gasteiger partial charge is 0.481 e. The smallest absolute Gasteiger partial charge is 0.312 e.